The van der Waals surface area contributed by atoms with Crippen LogP contribution in [0.15, 0.2) is 0 Å². The quantitative estimate of drug-likeness (QED) is 0.178. The summed E-state index contributed by atoms with van der Waals surface area (Å²) in [6, 6.07) is 0. The van der Waals surface area contributed by atoms with E-state index in [-0.39, 0.29) is 51.6 Å². The summed E-state index contributed by atoms with van der Waals surface area (Å²) in [6.07, 6.45) is -3.95. The van der Waals surface area contributed by atoms with Gasteiger partial charge in [-0.2, -0.15) is 0 Å². The number of hydrogen-bond donors (Lipinski definition) is 2. The van der Waals surface area contributed by atoms with Gasteiger partial charge in [-0.15, -0.1) is 0 Å². The number of hydrogen-bond acceptors (Lipinski definition) is 10. The van der Waals surface area contributed by atoms with Crippen LogP contribution in [-0.2, 0) is 42.9 Å². The molecule has 0 heterocycles. The van der Waals surface area contributed by atoms with Crippen molar-refractivity contribution in [2.45, 2.75) is 117 Å². The van der Waals surface area contributed by atoms with Crippen molar-refractivity contribution in [2.24, 2.45) is 0 Å². The fourth-order valence-corrected chi connectivity index (χ4v) is 2.85. The minimum Gasteiger partial charge on any atom is -0.460 e. The summed E-state index contributed by atoms with van der Waals surface area (Å²) < 4.78 is 20.8. The highest BCUT2D eigenvalue weighted by Gasteiger charge is 2.39. The maximum absolute atomic E-state index is 13.0. The third-order valence-corrected chi connectivity index (χ3v) is 4.49. The zero-order valence-corrected chi connectivity index (χ0v) is 23.9. The number of alkyl carbamates (subject to hydrolysis) is 1. The molecule has 2 N–H and O–H groups in total. The lowest BCUT2D eigenvalue weighted by molar-refractivity contribution is -0.175. The largest absolute Gasteiger partial charge is 0.460 e. The number of amides is 2. The van der Waals surface area contributed by atoms with E-state index in [2.05, 4.69) is 10.6 Å². The SMILES string of the molecule is CCC(=O)O[C@@H](C(=O)CCCNC(=O)OC(C)(C)C)[C@@H](OC(=O)CC)C(=O)NCCCC(=O)OC(C)(C)C. The number of ketones is 1. The molecule has 0 aliphatic carbocycles. The molecule has 38 heavy (non-hydrogen) atoms. The van der Waals surface area contributed by atoms with E-state index in [9.17, 15) is 28.8 Å². The number of carbonyl (C=O) groups is 6. The molecular weight excluding hydrogens is 500 g/mol. The first-order chi connectivity index (χ1) is 17.5. The second-order valence-electron chi connectivity index (χ2n) is 10.5. The Hall–Kier alpha value is -3.18. The molecule has 0 aliphatic rings. The van der Waals surface area contributed by atoms with Crippen LogP contribution < -0.4 is 10.6 Å². The molecule has 2 atom stereocenters. The van der Waals surface area contributed by atoms with Crippen molar-refractivity contribution in [3.05, 3.63) is 0 Å². The molecule has 0 bridgehead atoms. The van der Waals surface area contributed by atoms with E-state index in [1.54, 1.807) is 41.5 Å². The fraction of sp³-hybridized carbons (Fsp3) is 0.769. The predicted octanol–water partition coefficient (Wildman–Crippen LogP) is 2.74. The van der Waals surface area contributed by atoms with Crippen LogP contribution in [0.4, 0.5) is 4.79 Å². The van der Waals surface area contributed by atoms with Crippen LogP contribution >= 0.6 is 0 Å². The summed E-state index contributed by atoms with van der Waals surface area (Å²) in [6.45, 7) is 13.5. The smallest absolute Gasteiger partial charge is 0.407 e. The third kappa shape index (κ3) is 16.5. The van der Waals surface area contributed by atoms with E-state index in [1.807, 2.05) is 0 Å². The molecule has 0 saturated heterocycles. The average Bonchev–Trinajstić information content (AvgIpc) is 2.78. The van der Waals surface area contributed by atoms with Gasteiger partial charge in [-0.05, 0) is 54.4 Å². The van der Waals surface area contributed by atoms with Crippen molar-refractivity contribution in [3.63, 3.8) is 0 Å². The van der Waals surface area contributed by atoms with Gasteiger partial charge in [-0.25, -0.2) is 4.79 Å². The van der Waals surface area contributed by atoms with Crippen molar-refractivity contribution in [1.29, 1.82) is 0 Å². The molecule has 2 amide bonds. The highest BCUT2D eigenvalue weighted by atomic mass is 16.6. The van der Waals surface area contributed by atoms with Gasteiger partial charge in [-0.3, -0.25) is 24.0 Å². The number of carbonyl (C=O) groups excluding carboxylic acids is 6. The van der Waals surface area contributed by atoms with E-state index in [0.717, 1.165) is 0 Å². The number of Topliss-reactive ketones (excluding diaryl/α,β-unsaturated/α-hetero) is 1. The first kappa shape index (κ1) is 34.8. The lowest BCUT2D eigenvalue weighted by Gasteiger charge is -2.25. The Morgan fingerprint density at radius 1 is 0.632 bits per heavy atom. The summed E-state index contributed by atoms with van der Waals surface area (Å²) in [5.74, 6) is -3.47. The highest BCUT2D eigenvalue weighted by molar-refractivity contribution is 5.94. The first-order valence-corrected chi connectivity index (χ1v) is 12.9. The molecule has 0 fully saturated rings. The van der Waals surface area contributed by atoms with Gasteiger partial charge >= 0.3 is 24.0 Å². The maximum Gasteiger partial charge on any atom is 0.407 e. The monoisotopic (exact) mass is 544 g/mol. The molecule has 12 nitrogen and oxygen atoms in total. The Kier molecular flexibility index (Phi) is 15.2. The Balaban J connectivity index is 5.29. The van der Waals surface area contributed by atoms with Gasteiger partial charge in [0.05, 0.1) is 0 Å². The van der Waals surface area contributed by atoms with Crippen molar-refractivity contribution in [2.75, 3.05) is 13.1 Å². The zero-order chi connectivity index (χ0) is 29.5. The number of rotatable bonds is 15. The molecule has 0 aromatic carbocycles. The standard InChI is InChI=1S/C26H44N2O10/c1-9-18(30)35-21(17(29)13-11-16-28-24(34)38-26(6,7)8)22(36-19(31)10-2)23(33)27-15-12-14-20(32)37-25(3,4)5/h21-22H,9-16H2,1-8H3,(H,27,33)(H,28,34)/t21-,22+/m0/s1. The summed E-state index contributed by atoms with van der Waals surface area (Å²) in [7, 11) is 0. The van der Waals surface area contributed by atoms with Gasteiger partial charge < -0.3 is 29.6 Å². The van der Waals surface area contributed by atoms with Gasteiger partial charge in [0, 0.05) is 38.8 Å². The second kappa shape index (κ2) is 16.6. The van der Waals surface area contributed by atoms with Gasteiger partial charge in [0.2, 0.25) is 12.2 Å². The third-order valence-electron chi connectivity index (χ3n) is 4.49. The summed E-state index contributed by atoms with van der Waals surface area (Å²) in [4.78, 5) is 73.6. The highest BCUT2D eigenvalue weighted by Crippen LogP contribution is 2.14. The zero-order valence-electron chi connectivity index (χ0n) is 23.9. The van der Waals surface area contributed by atoms with Crippen LogP contribution in [0.2, 0.25) is 0 Å². The molecule has 0 radical (unpaired) electrons. The van der Waals surface area contributed by atoms with Gasteiger partial charge in [0.15, 0.2) is 5.78 Å². The molecule has 0 spiro atoms. The maximum atomic E-state index is 13.0. The molecule has 12 heteroatoms. The van der Waals surface area contributed by atoms with Gasteiger partial charge in [0.1, 0.15) is 11.2 Å². The topological polar surface area (TPSA) is 163 Å². The van der Waals surface area contributed by atoms with Crippen molar-refractivity contribution in [1.82, 2.24) is 10.6 Å². The Bertz CT molecular complexity index is 759. The molecule has 0 aromatic heterocycles. The Labute approximate surface area is 224 Å². The van der Waals surface area contributed by atoms with E-state index >= 15 is 0 Å². The van der Waals surface area contributed by atoms with E-state index in [4.69, 9.17) is 18.9 Å². The van der Waals surface area contributed by atoms with E-state index in [1.165, 1.54) is 13.8 Å². The average molecular weight is 545 g/mol. The minimum atomic E-state index is -1.72. The lowest BCUT2D eigenvalue weighted by atomic mass is 10.0. The van der Waals surface area contributed by atoms with Gasteiger partial charge in [0.25, 0.3) is 5.91 Å². The van der Waals surface area contributed by atoms with E-state index < -0.39 is 59.1 Å². The van der Waals surface area contributed by atoms with E-state index in [0.29, 0.717) is 0 Å². The van der Waals surface area contributed by atoms with Crippen LogP contribution in [0.25, 0.3) is 0 Å². The number of esters is 3. The molecule has 0 rings (SSSR count). The minimum absolute atomic E-state index is 0.0285. The number of ether oxygens (including phenoxy) is 4. The molecule has 0 saturated carbocycles. The van der Waals surface area contributed by atoms with Crippen LogP contribution in [0.5, 0.6) is 0 Å². The normalized spacial score (nSPS) is 12.9. The predicted molar refractivity (Wildman–Crippen MR) is 137 cm³/mol. The molecule has 218 valence electrons. The Morgan fingerprint density at radius 3 is 1.61 bits per heavy atom. The lowest BCUT2D eigenvalue weighted by Crippen LogP contribution is -2.50. The summed E-state index contributed by atoms with van der Waals surface area (Å²) >= 11 is 0. The van der Waals surface area contributed by atoms with Gasteiger partial charge in [-0.1, -0.05) is 13.8 Å². The van der Waals surface area contributed by atoms with Crippen LogP contribution in [0.1, 0.15) is 93.9 Å². The van der Waals surface area contributed by atoms with Crippen LogP contribution in [-0.4, -0.2) is 72.2 Å². The molecule has 0 aliphatic heterocycles. The summed E-state index contributed by atoms with van der Waals surface area (Å²) in [5.41, 5.74) is -1.32. The fourth-order valence-electron chi connectivity index (χ4n) is 2.85. The number of nitrogens with one attached hydrogen (secondary N) is 2. The molecular formula is C26H44N2O10. The van der Waals surface area contributed by atoms with Crippen molar-refractivity contribution >= 4 is 35.7 Å². The van der Waals surface area contributed by atoms with Crippen LogP contribution in [0.3, 0.4) is 0 Å². The van der Waals surface area contributed by atoms with Crippen LogP contribution in [0, 0.1) is 0 Å². The first-order valence-electron chi connectivity index (χ1n) is 12.9. The molecule has 0 aromatic rings. The second-order valence-corrected chi connectivity index (χ2v) is 10.5. The summed E-state index contributed by atoms with van der Waals surface area (Å²) in [5, 5.41) is 5.03. The van der Waals surface area contributed by atoms with Crippen molar-refractivity contribution in [3.8, 4) is 0 Å². The molecule has 0 unspecified atom stereocenters. The Morgan fingerprint density at radius 2 is 1.11 bits per heavy atom. The van der Waals surface area contributed by atoms with Crippen molar-refractivity contribution < 1.29 is 47.7 Å².